The molecule has 0 heterocycles. The number of rotatable bonds is 3. The van der Waals surface area contributed by atoms with Crippen LogP contribution in [0.5, 0.6) is 0 Å². The topological polar surface area (TPSA) is 46.5 Å². The molecule has 1 rings (SSSR count). The van der Waals surface area contributed by atoms with Gasteiger partial charge in [-0.25, -0.2) is 0 Å². The lowest BCUT2D eigenvalue weighted by molar-refractivity contribution is -0.0859. The fourth-order valence-electron chi connectivity index (χ4n) is 3.71. The summed E-state index contributed by atoms with van der Waals surface area (Å²) in [6.07, 6.45) is 2.72. The minimum Gasteiger partial charge on any atom is -0.474 e. The molecule has 0 aliphatic heterocycles. The summed E-state index contributed by atoms with van der Waals surface area (Å²) in [7, 11) is 1.46. The van der Waals surface area contributed by atoms with Crippen LogP contribution in [0.2, 0.25) is 0 Å². The molecule has 2 unspecified atom stereocenters. The van der Waals surface area contributed by atoms with E-state index in [0.29, 0.717) is 24.4 Å². The zero-order chi connectivity index (χ0) is 16.4. The molecule has 1 saturated carbocycles. The maximum absolute atomic E-state index is 10.9. The Hall–Kier alpha value is -0.505. The number of aliphatic hydroxyl groups excluding tert-OH is 1. The Bertz CT molecular complexity index is 330. The molecule has 1 N–H and O–H groups in total. The monoisotopic (exact) mass is 296 g/mol. The highest BCUT2D eigenvalue weighted by atomic mass is 16.5. The van der Waals surface area contributed by atoms with Crippen molar-refractivity contribution in [1.82, 2.24) is 0 Å². The summed E-state index contributed by atoms with van der Waals surface area (Å²) in [6, 6.07) is 0. The molecule has 0 aromatic heterocycles. The first-order valence-corrected chi connectivity index (χ1v) is 8.24. The van der Waals surface area contributed by atoms with E-state index < -0.39 is 0 Å². The van der Waals surface area contributed by atoms with E-state index >= 15 is 0 Å². The molecule has 1 aliphatic carbocycles. The molecule has 2 atom stereocenters. The van der Waals surface area contributed by atoms with Crippen molar-refractivity contribution in [2.45, 2.75) is 66.9 Å². The number of hydrogen-bond donors (Lipinski definition) is 1. The van der Waals surface area contributed by atoms with Gasteiger partial charge in [-0.15, -0.1) is 0 Å². The second kappa shape index (κ2) is 6.72. The van der Waals surface area contributed by atoms with Gasteiger partial charge in [-0.3, -0.25) is 4.79 Å². The predicted octanol–water partition coefficient (Wildman–Crippen LogP) is 3.24. The molecule has 4 heteroatoms. The van der Waals surface area contributed by atoms with Crippen LogP contribution in [0.1, 0.15) is 60.8 Å². The predicted molar refractivity (Wildman–Crippen MR) is 89.1 cm³/mol. The van der Waals surface area contributed by atoms with Crippen molar-refractivity contribution in [3.8, 4) is 0 Å². The van der Waals surface area contributed by atoms with Crippen molar-refractivity contribution in [3.05, 3.63) is 0 Å². The summed E-state index contributed by atoms with van der Waals surface area (Å²) in [5.74, 6) is 0.933. The van der Waals surface area contributed by atoms with Crippen LogP contribution in [0.3, 0.4) is 0 Å². The molecule has 3 nitrogen and oxygen atoms in total. The van der Waals surface area contributed by atoms with Crippen molar-refractivity contribution in [3.63, 3.8) is 0 Å². The molecule has 122 valence electrons. The highest BCUT2D eigenvalue weighted by molar-refractivity contribution is 6.55. The molecule has 0 saturated heterocycles. The van der Waals surface area contributed by atoms with E-state index in [1.807, 2.05) is 0 Å². The Morgan fingerprint density at radius 2 is 1.52 bits per heavy atom. The molecule has 0 aromatic rings. The molecule has 1 fully saturated rings. The number of ether oxygens (including phenoxy) is 1. The summed E-state index contributed by atoms with van der Waals surface area (Å²) in [5.41, 5.74) is 0.200. The summed E-state index contributed by atoms with van der Waals surface area (Å²) >= 11 is 0. The van der Waals surface area contributed by atoms with Crippen LogP contribution in [-0.2, 0) is 4.74 Å². The third-order valence-corrected chi connectivity index (χ3v) is 5.06. The molecule has 1 aliphatic rings. The number of aliphatic hydroxyl groups is 1. The lowest BCUT2D eigenvalue weighted by Gasteiger charge is -2.49. The molecule has 0 bridgehead atoms. The largest absolute Gasteiger partial charge is 0.474 e. The summed E-state index contributed by atoms with van der Waals surface area (Å²) < 4.78 is 5.11. The van der Waals surface area contributed by atoms with E-state index in [9.17, 15) is 9.90 Å². The zero-order valence-corrected chi connectivity index (χ0v) is 14.9. The third kappa shape index (κ3) is 5.32. The minimum absolute atomic E-state index is 0.100. The first-order valence-electron chi connectivity index (χ1n) is 8.24. The van der Waals surface area contributed by atoms with Crippen LogP contribution in [0.15, 0.2) is 0 Å². The number of carbonyl (C=O) groups is 1. The third-order valence-electron chi connectivity index (χ3n) is 5.06. The van der Waals surface area contributed by atoms with Crippen molar-refractivity contribution in [2.24, 2.45) is 28.6 Å². The van der Waals surface area contributed by atoms with Gasteiger partial charge in [-0.05, 0) is 47.8 Å². The van der Waals surface area contributed by atoms with Gasteiger partial charge in [0.15, 0.2) is 0 Å². The quantitative estimate of drug-likeness (QED) is 0.813. The van der Waals surface area contributed by atoms with Crippen LogP contribution in [-0.4, -0.2) is 31.5 Å². The first kappa shape index (κ1) is 18.5. The van der Waals surface area contributed by atoms with E-state index in [-0.39, 0.29) is 22.8 Å². The van der Waals surface area contributed by atoms with Gasteiger partial charge in [0, 0.05) is 0 Å². The minimum atomic E-state index is -0.241. The molecular formula is C17H33BO3. The SMILES string of the molecule is BC(=O)OCCC1CC(C(C)(C)C)C(O)C(C(C)(C)C)C1. The van der Waals surface area contributed by atoms with E-state index in [1.165, 1.54) is 7.85 Å². The van der Waals surface area contributed by atoms with Crippen molar-refractivity contribution < 1.29 is 14.6 Å². The fourth-order valence-corrected chi connectivity index (χ4v) is 3.71. The molecule has 0 amide bonds. The van der Waals surface area contributed by atoms with Crippen LogP contribution in [0, 0.1) is 28.6 Å². The van der Waals surface area contributed by atoms with E-state index in [1.54, 1.807) is 0 Å². The normalized spacial score (nSPS) is 31.0. The van der Waals surface area contributed by atoms with Gasteiger partial charge in [0.25, 0.3) is 0 Å². The standard InChI is InChI=1S/C17H33BO3/c1-16(2,3)12-9-11(7-8-21-15(18)20)10-13(14(12)19)17(4,5)6/h11-14,19H,7-10,18H2,1-6H3. The fraction of sp³-hybridized carbons (Fsp3) is 0.941. The van der Waals surface area contributed by atoms with Crippen LogP contribution in [0.4, 0.5) is 4.79 Å². The van der Waals surface area contributed by atoms with E-state index in [4.69, 9.17) is 4.74 Å². The average Bonchev–Trinajstić information content (AvgIpc) is 2.27. The van der Waals surface area contributed by atoms with Gasteiger partial charge in [0.05, 0.1) is 12.7 Å². The van der Waals surface area contributed by atoms with Crippen molar-refractivity contribution in [1.29, 1.82) is 0 Å². The smallest absolute Gasteiger partial charge is 0.243 e. The second-order valence-electron chi connectivity index (χ2n) is 8.90. The Morgan fingerprint density at radius 1 is 1.10 bits per heavy atom. The summed E-state index contributed by atoms with van der Waals surface area (Å²) in [5, 5.41) is 10.8. The first-order chi connectivity index (χ1) is 9.43. The highest BCUT2D eigenvalue weighted by Crippen LogP contribution is 2.49. The second-order valence-corrected chi connectivity index (χ2v) is 8.90. The van der Waals surface area contributed by atoms with E-state index in [2.05, 4.69) is 41.5 Å². The Labute approximate surface area is 131 Å². The molecule has 0 spiro atoms. The lowest BCUT2D eigenvalue weighted by atomic mass is 9.58. The Kier molecular flexibility index (Phi) is 5.94. The number of hydrogen-bond acceptors (Lipinski definition) is 3. The average molecular weight is 296 g/mol. The van der Waals surface area contributed by atoms with Gasteiger partial charge in [0.2, 0.25) is 13.7 Å². The van der Waals surface area contributed by atoms with Gasteiger partial charge < -0.3 is 9.84 Å². The zero-order valence-electron chi connectivity index (χ0n) is 14.9. The Morgan fingerprint density at radius 3 is 1.86 bits per heavy atom. The number of carbonyl (C=O) groups excluding carboxylic acids is 1. The lowest BCUT2D eigenvalue weighted by Crippen LogP contribution is -2.47. The molecule has 0 aromatic carbocycles. The maximum atomic E-state index is 10.9. The van der Waals surface area contributed by atoms with Crippen molar-refractivity contribution in [2.75, 3.05) is 6.61 Å². The van der Waals surface area contributed by atoms with Crippen molar-refractivity contribution >= 4 is 13.7 Å². The maximum Gasteiger partial charge on any atom is 0.243 e. The van der Waals surface area contributed by atoms with Crippen LogP contribution >= 0.6 is 0 Å². The highest BCUT2D eigenvalue weighted by Gasteiger charge is 2.45. The van der Waals surface area contributed by atoms with Gasteiger partial charge in [-0.2, -0.15) is 0 Å². The van der Waals surface area contributed by atoms with Gasteiger partial charge >= 0.3 is 0 Å². The summed E-state index contributed by atoms with van der Waals surface area (Å²) in [4.78, 5) is 10.9. The molecule has 0 radical (unpaired) electrons. The van der Waals surface area contributed by atoms with E-state index in [0.717, 1.165) is 19.3 Å². The van der Waals surface area contributed by atoms with Gasteiger partial charge in [0.1, 0.15) is 0 Å². The Balaban J connectivity index is 2.81. The summed E-state index contributed by atoms with van der Waals surface area (Å²) in [6.45, 7) is 13.8. The van der Waals surface area contributed by atoms with Crippen LogP contribution in [0.25, 0.3) is 0 Å². The van der Waals surface area contributed by atoms with Crippen LogP contribution < -0.4 is 0 Å². The molecular weight excluding hydrogens is 263 g/mol. The molecule has 21 heavy (non-hydrogen) atoms. The van der Waals surface area contributed by atoms with Gasteiger partial charge in [-0.1, -0.05) is 41.5 Å².